The molecule has 0 rings (SSSR count). The summed E-state index contributed by atoms with van der Waals surface area (Å²) in [5, 5.41) is 10.3. The summed E-state index contributed by atoms with van der Waals surface area (Å²) in [4.78, 5) is 22.4. The van der Waals surface area contributed by atoms with Gasteiger partial charge >= 0.3 is 13.8 Å². The third-order valence-electron chi connectivity index (χ3n) is 8.58. The van der Waals surface area contributed by atoms with Crippen LogP contribution in [0.1, 0.15) is 168 Å². The van der Waals surface area contributed by atoms with Crippen LogP contribution in [0.4, 0.5) is 0 Å². The molecule has 0 amide bonds. The molecule has 0 saturated carbocycles. The molecule has 0 aliphatic rings. The molecule has 2 unspecified atom stereocenters. The molecule has 0 aliphatic carbocycles. The molecular weight excluding hydrogens is 689 g/mol. The number of hydrogen-bond acceptors (Lipinski definition) is 8. The first-order valence-corrected chi connectivity index (χ1v) is 22.4. The highest BCUT2D eigenvalue weighted by Gasteiger charge is 2.25. The lowest BCUT2D eigenvalue weighted by molar-refractivity contribution is -0.153. The van der Waals surface area contributed by atoms with Gasteiger partial charge in [0, 0.05) is 13.0 Å². The SMILES string of the molecule is CCCCCCCC/C=C\CCCCCC/C=C/OC[C@H](COP(=O)(O)OCCN)OC(=O)CCCC(O)/C=C/C=C/C/C=C/CCCCCCCC. The fraction of sp³-hybridized carbons (Fsp3) is 0.744. The number of phosphoric acid groups is 1. The van der Waals surface area contributed by atoms with Gasteiger partial charge in [-0.2, -0.15) is 0 Å². The second-order valence-corrected chi connectivity index (χ2v) is 15.2. The lowest BCUT2D eigenvalue weighted by Crippen LogP contribution is -2.28. The number of hydrogen-bond donors (Lipinski definition) is 3. The highest BCUT2D eigenvalue weighted by Crippen LogP contribution is 2.43. The summed E-state index contributed by atoms with van der Waals surface area (Å²) in [6, 6.07) is 0. The van der Waals surface area contributed by atoms with Gasteiger partial charge in [0.25, 0.3) is 0 Å². The standard InChI is InChI=1S/C43H78NO8P/c1-3-5-7-9-11-13-15-17-18-19-21-23-25-27-29-31-37-49-39-42(40-51-53(47,48)50-38-36-44)52-43(46)35-32-34-41(45)33-30-28-26-24-22-20-16-14-12-10-8-6-4-2/h17-18,20,22,26,28,30-31,33,37,41-42,45H,3-16,19,21,23-25,27,29,32,34-36,38-40,44H2,1-2H3,(H,47,48)/b18-17-,22-20+,28-26+,33-30+,37-31+/t41?,42-/m1/s1. The van der Waals surface area contributed by atoms with Crippen molar-refractivity contribution >= 4 is 13.8 Å². The first-order valence-electron chi connectivity index (χ1n) is 20.9. The third-order valence-corrected chi connectivity index (χ3v) is 9.56. The van der Waals surface area contributed by atoms with Gasteiger partial charge in [0.05, 0.1) is 25.6 Å². The van der Waals surface area contributed by atoms with Gasteiger partial charge in [0.15, 0.2) is 6.10 Å². The van der Waals surface area contributed by atoms with Crippen molar-refractivity contribution < 1.29 is 37.9 Å². The topological polar surface area (TPSA) is 138 Å². The van der Waals surface area contributed by atoms with Crippen LogP contribution in [0, 0.1) is 0 Å². The maximum Gasteiger partial charge on any atom is 0.472 e. The molecule has 0 spiro atoms. The van der Waals surface area contributed by atoms with E-state index in [0.717, 1.165) is 38.5 Å². The van der Waals surface area contributed by atoms with Gasteiger partial charge < -0.3 is 25.2 Å². The molecule has 0 aromatic carbocycles. The van der Waals surface area contributed by atoms with Crippen molar-refractivity contribution in [3.63, 3.8) is 0 Å². The molecule has 0 heterocycles. The number of carbonyl (C=O) groups excluding carboxylic acids is 1. The lowest BCUT2D eigenvalue weighted by atomic mass is 10.1. The minimum atomic E-state index is -4.35. The van der Waals surface area contributed by atoms with Crippen LogP contribution in [-0.4, -0.2) is 54.5 Å². The molecule has 9 nitrogen and oxygen atoms in total. The molecule has 0 aromatic rings. The molecule has 53 heavy (non-hydrogen) atoms. The van der Waals surface area contributed by atoms with Gasteiger partial charge in [-0.1, -0.05) is 140 Å². The maximum atomic E-state index is 12.6. The van der Waals surface area contributed by atoms with E-state index in [2.05, 4.69) is 38.2 Å². The highest BCUT2D eigenvalue weighted by molar-refractivity contribution is 7.47. The van der Waals surface area contributed by atoms with Crippen LogP contribution in [0.15, 0.2) is 60.9 Å². The summed E-state index contributed by atoms with van der Waals surface area (Å²) < 4.78 is 33.0. The van der Waals surface area contributed by atoms with E-state index in [1.165, 1.54) is 96.3 Å². The van der Waals surface area contributed by atoms with Gasteiger partial charge in [-0.25, -0.2) is 4.57 Å². The van der Waals surface area contributed by atoms with E-state index < -0.39 is 26.0 Å². The fourth-order valence-corrected chi connectivity index (χ4v) is 6.20. The van der Waals surface area contributed by atoms with E-state index in [1.807, 2.05) is 24.3 Å². The van der Waals surface area contributed by atoms with Crippen LogP contribution in [0.2, 0.25) is 0 Å². The Kier molecular flexibility index (Phi) is 38.2. The smallest absolute Gasteiger partial charge is 0.472 e. The Hall–Kier alpha value is -2.00. The average molecular weight is 768 g/mol. The number of aliphatic hydroxyl groups is 1. The van der Waals surface area contributed by atoms with Crippen molar-refractivity contribution in [2.75, 3.05) is 26.4 Å². The molecule has 0 bridgehead atoms. The molecule has 0 saturated heterocycles. The summed E-state index contributed by atoms with van der Waals surface area (Å²) in [6.07, 6.45) is 45.0. The normalized spacial score (nSPS) is 14.7. The Labute approximate surface area is 324 Å². The number of aliphatic hydroxyl groups excluding tert-OH is 1. The average Bonchev–Trinajstić information content (AvgIpc) is 3.14. The number of ether oxygens (including phenoxy) is 2. The van der Waals surface area contributed by atoms with E-state index in [9.17, 15) is 19.4 Å². The van der Waals surface area contributed by atoms with Crippen LogP contribution in [-0.2, 0) is 27.9 Å². The largest absolute Gasteiger partial charge is 0.498 e. The van der Waals surface area contributed by atoms with E-state index in [1.54, 1.807) is 12.3 Å². The number of allylic oxidation sites excluding steroid dienone is 8. The van der Waals surface area contributed by atoms with Crippen LogP contribution in [0.25, 0.3) is 0 Å². The Balaban J connectivity index is 4.33. The maximum absolute atomic E-state index is 12.6. The van der Waals surface area contributed by atoms with Gasteiger partial charge in [-0.15, -0.1) is 0 Å². The monoisotopic (exact) mass is 768 g/mol. The van der Waals surface area contributed by atoms with Gasteiger partial charge in [0.2, 0.25) is 0 Å². The van der Waals surface area contributed by atoms with Gasteiger partial charge in [0.1, 0.15) is 6.61 Å². The molecule has 0 radical (unpaired) electrons. The Morgan fingerprint density at radius 2 is 1.23 bits per heavy atom. The molecule has 0 fully saturated rings. The minimum Gasteiger partial charge on any atom is -0.498 e. The fourth-order valence-electron chi connectivity index (χ4n) is 5.44. The number of phosphoric ester groups is 1. The molecular formula is C43H78NO8P. The number of carbonyl (C=O) groups is 1. The van der Waals surface area contributed by atoms with Crippen molar-refractivity contribution in [3.8, 4) is 0 Å². The van der Waals surface area contributed by atoms with Crippen molar-refractivity contribution in [3.05, 3.63) is 60.9 Å². The lowest BCUT2D eigenvalue weighted by Gasteiger charge is -2.19. The third kappa shape index (κ3) is 39.5. The van der Waals surface area contributed by atoms with Crippen molar-refractivity contribution in [2.24, 2.45) is 5.73 Å². The second kappa shape index (κ2) is 39.7. The van der Waals surface area contributed by atoms with Crippen LogP contribution >= 0.6 is 7.82 Å². The Bertz CT molecular complexity index is 1010. The van der Waals surface area contributed by atoms with E-state index >= 15 is 0 Å². The second-order valence-electron chi connectivity index (χ2n) is 13.8. The van der Waals surface area contributed by atoms with Crippen molar-refractivity contribution in [1.82, 2.24) is 0 Å². The van der Waals surface area contributed by atoms with E-state index in [4.69, 9.17) is 24.3 Å². The van der Waals surface area contributed by atoms with Crippen LogP contribution in [0.3, 0.4) is 0 Å². The predicted molar refractivity (Wildman–Crippen MR) is 220 cm³/mol. The molecule has 10 heteroatoms. The van der Waals surface area contributed by atoms with Crippen molar-refractivity contribution in [1.29, 1.82) is 0 Å². The summed E-state index contributed by atoms with van der Waals surface area (Å²) in [6.45, 7) is 3.98. The number of nitrogens with two attached hydrogens (primary N) is 1. The Morgan fingerprint density at radius 3 is 1.81 bits per heavy atom. The zero-order valence-corrected chi connectivity index (χ0v) is 34.5. The number of rotatable bonds is 39. The first kappa shape index (κ1) is 51.0. The van der Waals surface area contributed by atoms with E-state index in [0.29, 0.717) is 12.8 Å². The van der Waals surface area contributed by atoms with Gasteiger partial charge in [-0.05, 0) is 76.7 Å². The zero-order valence-electron chi connectivity index (χ0n) is 33.6. The minimum absolute atomic E-state index is 0.0455. The molecule has 0 aliphatic heterocycles. The zero-order chi connectivity index (χ0) is 38.9. The number of unbranched alkanes of at least 4 members (excludes halogenated alkanes) is 17. The molecule has 4 N–H and O–H groups in total. The van der Waals surface area contributed by atoms with Crippen molar-refractivity contribution in [2.45, 2.75) is 180 Å². The summed E-state index contributed by atoms with van der Waals surface area (Å²) in [7, 11) is -4.35. The summed E-state index contributed by atoms with van der Waals surface area (Å²) in [5.74, 6) is -0.511. The summed E-state index contributed by atoms with van der Waals surface area (Å²) >= 11 is 0. The number of esters is 1. The summed E-state index contributed by atoms with van der Waals surface area (Å²) in [5.41, 5.74) is 5.34. The van der Waals surface area contributed by atoms with E-state index in [-0.39, 0.29) is 32.8 Å². The quantitative estimate of drug-likeness (QED) is 0.0139. The first-order chi connectivity index (χ1) is 25.8. The molecule has 0 aromatic heterocycles. The molecule has 308 valence electrons. The Morgan fingerprint density at radius 1 is 0.679 bits per heavy atom. The predicted octanol–water partition coefficient (Wildman–Crippen LogP) is 11.5. The molecule has 3 atom stereocenters. The van der Waals surface area contributed by atoms with Crippen LogP contribution < -0.4 is 5.73 Å². The highest BCUT2D eigenvalue weighted by atomic mass is 31.2. The van der Waals surface area contributed by atoms with Crippen LogP contribution in [0.5, 0.6) is 0 Å². The van der Waals surface area contributed by atoms with Gasteiger partial charge in [-0.3, -0.25) is 13.8 Å².